The highest BCUT2D eigenvalue weighted by molar-refractivity contribution is 5.39. The van der Waals surface area contributed by atoms with Gasteiger partial charge in [0.25, 0.3) is 0 Å². The molecule has 0 radical (unpaired) electrons. The number of anilines is 2. The lowest BCUT2D eigenvalue weighted by Gasteiger charge is -2.04. The van der Waals surface area contributed by atoms with E-state index in [2.05, 4.69) is 15.5 Å². The van der Waals surface area contributed by atoms with Crippen molar-refractivity contribution in [3.05, 3.63) is 48.2 Å². The van der Waals surface area contributed by atoms with Crippen LogP contribution in [0.3, 0.4) is 0 Å². The molecule has 0 atom stereocenters. The molecular weight excluding hydrogens is 200 g/mol. The van der Waals surface area contributed by atoms with Crippen molar-refractivity contribution >= 4 is 11.5 Å². The molecule has 3 N–H and O–H groups in total. The molecule has 1 aromatic heterocycles. The fourth-order valence-corrected chi connectivity index (χ4v) is 1.42. The van der Waals surface area contributed by atoms with Crippen molar-refractivity contribution in [2.45, 2.75) is 6.42 Å². The minimum Gasteiger partial charge on any atom is -0.399 e. The van der Waals surface area contributed by atoms with Gasteiger partial charge in [-0.25, -0.2) is 0 Å². The number of nitrogens with zero attached hydrogens (tertiary/aromatic N) is 2. The van der Waals surface area contributed by atoms with Crippen LogP contribution in [0.1, 0.15) is 5.56 Å². The normalized spacial score (nSPS) is 10.0. The number of nitrogen functional groups attached to an aromatic ring is 1. The summed E-state index contributed by atoms with van der Waals surface area (Å²) >= 11 is 0. The Balaban J connectivity index is 1.82. The lowest BCUT2D eigenvalue weighted by atomic mass is 10.1. The molecule has 4 nitrogen and oxygen atoms in total. The van der Waals surface area contributed by atoms with Crippen molar-refractivity contribution in [1.29, 1.82) is 0 Å². The smallest absolute Gasteiger partial charge is 0.148 e. The zero-order valence-electron chi connectivity index (χ0n) is 8.93. The maximum Gasteiger partial charge on any atom is 0.148 e. The molecule has 0 bridgehead atoms. The van der Waals surface area contributed by atoms with Crippen LogP contribution >= 0.6 is 0 Å². The van der Waals surface area contributed by atoms with E-state index in [1.54, 1.807) is 6.20 Å². The predicted molar refractivity (Wildman–Crippen MR) is 65.1 cm³/mol. The predicted octanol–water partition coefficient (Wildman–Crippen LogP) is 1.71. The van der Waals surface area contributed by atoms with Crippen molar-refractivity contribution in [2.24, 2.45) is 0 Å². The average Bonchev–Trinajstić information content (AvgIpc) is 2.33. The van der Waals surface area contributed by atoms with Crippen molar-refractivity contribution in [3.63, 3.8) is 0 Å². The summed E-state index contributed by atoms with van der Waals surface area (Å²) in [6.45, 7) is 0.836. The number of nitrogens with two attached hydrogens (primary N) is 1. The molecule has 2 rings (SSSR count). The molecular formula is C12H14N4. The molecule has 1 heterocycles. The molecule has 0 amide bonds. The van der Waals surface area contributed by atoms with E-state index in [0.717, 1.165) is 24.5 Å². The third-order valence-corrected chi connectivity index (χ3v) is 2.27. The van der Waals surface area contributed by atoms with Crippen LogP contribution in [0.5, 0.6) is 0 Å². The van der Waals surface area contributed by atoms with Gasteiger partial charge in [-0.2, -0.15) is 5.10 Å². The van der Waals surface area contributed by atoms with Crippen molar-refractivity contribution in [2.75, 3.05) is 17.6 Å². The molecule has 0 aliphatic rings. The number of rotatable bonds is 4. The van der Waals surface area contributed by atoms with Gasteiger partial charge < -0.3 is 11.1 Å². The third kappa shape index (κ3) is 2.95. The van der Waals surface area contributed by atoms with Crippen LogP contribution in [0.4, 0.5) is 11.5 Å². The second kappa shape index (κ2) is 5.11. The maximum absolute atomic E-state index is 5.61. The third-order valence-electron chi connectivity index (χ3n) is 2.27. The van der Waals surface area contributed by atoms with Gasteiger partial charge in [-0.3, -0.25) is 0 Å². The first kappa shape index (κ1) is 10.4. The Labute approximate surface area is 94.5 Å². The highest BCUT2D eigenvalue weighted by Crippen LogP contribution is 2.06. The van der Waals surface area contributed by atoms with E-state index in [1.807, 2.05) is 36.4 Å². The van der Waals surface area contributed by atoms with Crippen LogP contribution < -0.4 is 11.1 Å². The SMILES string of the molecule is Nc1ccc(CCNc2cccnn2)cc1. The Morgan fingerprint density at radius 1 is 1.12 bits per heavy atom. The van der Waals surface area contributed by atoms with Gasteiger partial charge in [0.05, 0.1) is 0 Å². The van der Waals surface area contributed by atoms with E-state index in [4.69, 9.17) is 5.73 Å². The Bertz CT molecular complexity index is 425. The van der Waals surface area contributed by atoms with Gasteiger partial charge in [0.2, 0.25) is 0 Å². The van der Waals surface area contributed by atoms with Gasteiger partial charge >= 0.3 is 0 Å². The molecule has 0 spiro atoms. The molecule has 0 fully saturated rings. The summed E-state index contributed by atoms with van der Waals surface area (Å²) in [5.74, 6) is 0.804. The Kier molecular flexibility index (Phi) is 3.33. The number of hydrogen-bond acceptors (Lipinski definition) is 4. The first-order chi connectivity index (χ1) is 7.84. The molecule has 0 aliphatic heterocycles. The summed E-state index contributed by atoms with van der Waals surface area (Å²) < 4.78 is 0. The van der Waals surface area contributed by atoms with Crippen LogP contribution in [0, 0.1) is 0 Å². The van der Waals surface area contributed by atoms with E-state index in [9.17, 15) is 0 Å². The van der Waals surface area contributed by atoms with Crippen LogP contribution in [-0.2, 0) is 6.42 Å². The lowest BCUT2D eigenvalue weighted by Crippen LogP contribution is -2.06. The summed E-state index contributed by atoms with van der Waals surface area (Å²) in [7, 11) is 0. The maximum atomic E-state index is 5.61. The van der Waals surface area contributed by atoms with Gasteiger partial charge in [0, 0.05) is 18.4 Å². The fraction of sp³-hybridized carbons (Fsp3) is 0.167. The van der Waals surface area contributed by atoms with E-state index >= 15 is 0 Å². The molecule has 2 aromatic rings. The molecule has 0 aliphatic carbocycles. The minimum atomic E-state index is 0.797. The van der Waals surface area contributed by atoms with Crippen LogP contribution in [-0.4, -0.2) is 16.7 Å². The number of aromatic nitrogens is 2. The number of hydrogen-bond donors (Lipinski definition) is 2. The number of nitrogens with one attached hydrogen (secondary N) is 1. The Morgan fingerprint density at radius 3 is 2.62 bits per heavy atom. The second-order valence-corrected chi connectivity index (χ2v) is 3.53. The summed E-state index contributed by atoms with van der Waals surface area (Å²) in [5, 5.41) is 10.9. The molecule has 82 valence electrons. The summed E-state index contributed by atoms with van der Waals surface area (Å²) in [4.78, 5) is 0. The summed E-state index contributed by atoms with van der Waals surface area (Å²) in [5.41, 5.74) is 7.66. The monoisotopic (exact) mass is 214 g/mol. The molecule has 0 saturated carbocycles. The summed E-state index contributed by atoms with van der Waals surface area (Å²) in [6.07, 6.45) is 2.60. The van der Waals surface area contributed by atoms with Gasteiger partial charge in [-0.15, -0.1) is 5.10 Å². The van der Waals surface area contributed by atoms with E-state index in [-0.39, 0.29) is 0 Å². The van der Waals surface area contributed by atoms with E-state index < -0.39 is 0 Å². The Morgan fingerprint density at radius 2 is 1.94 bits per heavy atom. The van der Waals surface area contributed by atoms with Crippen molar-refractivity contribution < 1.29 is 0 Å². The quantitative estimate of drug-likeness (QED) is 0.760. The van der Waals surface area contributed by atoms with Crippen LogP contribution in [0.2, 0.25) is 0 Å². The van der Waals surface area contributed by atoms with Crippen molar-refractivity contribution in [3.8, 4) is 0 Å². The molecule has 1 aromatic carbocycles. The first-order valence-electron chi connectivity index (χ1n) is 5.20. The molecule has 16 heavy (non-hydrogen) atoms. The lowest BCUT2D eigenvalue weighted by molar-refractivity contribution is 0.967. The topological polar surface area (TPSA) is 63.8 Å². The Hall–Kier alpha value is -2.10. The van der Waals surface area contributed by atoms with Gasteiger partial charge in [-0.05, 0) is 36.2 Å². The summed E-state index contributed by atoms with van der Waals surface area (Å²) in [6, 6.07) is 11.7. The van der Waals surface area contributed by atoms with Crippen LogP contribution in [0.15, 0.2) is 42.6 Å². The highest BCUT2D eigenvalue weighted by Gasteiger charge is 1.94. The van der Waals surface area contributed by atoms with Crippen molar-refractivity contribution in [1.82, 2.24) is 10.2 Å². The highest BCUT2D eigenvalue weighted by atomic mass is 15.2. The molecule has 0 unspecified atom stereocenters. The number of benzene rings is 1. The zero-order chi connectivity index (χ0) is 11.2. The minimum absolute atomic E-state index is 0.797. The zero-order valence-corrected chi connectivity index (χ0v) is 8.93. The van der Waals surface area contributed by atoms with Gasteiger partial charge in [0.1, 0.15) is 5.82 Å². The second-order valence-electron chi connectivity index (χ2n) is 3.53. The standard InChI is InChI=1S/C12H14N4/c13-11-5-3-10(4-6-11)7-9-14-12-2-1-8-15-16-12/h1-6,8H,7,9,13H2,(H,14,16). The fourth-order valence-electron chi connectivity index (χ4n) is 1.42. The van der Waals surface area contributed by atoms with Gasteiger partial charge in [-0.1, -0.05) is 12.1 Å². The molecule has 0 saturated heterocycles. The average molecular weight is 214 g/mol. The first-order valence-corrected chi connectivity index (χ1v) is 5.20. The van der Waals surface area contributed by atoms with Crippen LogP contribution in [0.25, 0.3) is 0 Å². The largest absolute Gasteiger partial charge is 0.399 e. The van der Waals surface area contributed by atoms with Gasteiger partial charge in [0.15, 0.2) is 0 Å². The molecule has 4 heteroatoms. The van der Waals surface area contributed by atoms with E-state index in [0.29, 0.717) is 0 Å². The van der Waals surface area contributed by atoms with E-state index in [1.165, 1.54) is 5.56 Å².